The number of hydrogen-bond acceptors (Lipinski definition) is 1. The Morgan fingerprint density at radius 2 is 1.15 bits per heavy atom. The predicted molar refractivity (Wildman–Crippen MR) is 123 cm³/mol. The van der Waals surface area contributed by atoms with Crippen LogP contribution in [0.4, 0.5) is 0 Å². The van der Waals surface area contributed by atoms with E-state index in [0.29, 0.717) is 0 Å². The summed E-state index contributed by atoms with van der Waals surface area (Å²) in [6.07, 6.45) is -0.0551. The van der Waals surface area contributed by atoms with Gasteiger partial charge in [-0.05, 0) is 17.3 Å². The fourth-order valence-electron chi connectivity index (χ4n) is 3.30. The third-order valence-electron chi connectivity index (χ3n) is 4.42. The third-order valence-corrected chi connectivity index (χ3v) is 18.9. The van der Waals surface area contributed by atoms with Gasteiger partial charge in [0, 0.05) is 0 Å². The van der Waals surface area contributed by atoms with Gasteiger partial charge in [0.05, 0.1) is 7.59 Å². The van der Waals surface area contributed by atoms with Gasteiger partial charge in [0.25, 0.3) is 0 Å². The molecule has 0 unspecified atom stereocenters. The van der Waals surface area contributed by atoms with Crippen molar-refractivity contribution in [3.05, 3.63) is 60.7 Å². The van der Waals surface area contributed by atoms with E-state index >= 15 is 0 Å². The van der Waals surface area contributed by atoms with Crippen molar-refractivity contribution < 1.29 is 4.43 Å². The highest BCUT2D eigenvalue weighted by Crippen LogP contribution is 2.23. The van der Waals surface area contributed by atoms with E-state index in [9.17, 15) is 0 Å². The van der Waals surface area contributed by atoms with Gasteiger partial charge < -0.3 is 4.43 Å². The Morgan fingerprint density at radius 1 is 0.731 bits per heavy atom. The summed E-state index contributed by atoms with van der Waals surface area (Å²) >= 11 is 0. The van der Waals surface area contributed by atoms with Crippen LogP contribution in [0.3, 0.4) is 0 Å². The van der Waals surface area contributed by atoms with Crippen molar-refractivity contribution in [3.63, 3.8) is 0 Å². The zero-order chi connectivity index (χ0) is 19.4. The molecule has 0 saturated carbocycles. The standard InChI is InChI=1S/C22H32OSi3/c1-20(18-19-24(2,3)4)23-26(25(5,6)7,21-14-10-8-11-15-21)22-16-12-9-13-17-22/h8-17,20H,1-7H3/t20-/m1/s1. The minimum absolute atomic E-state index is 0.0551. The molecule has 2 rings (SSSR count). The molecule has 0 aliphatic heterocycles. The molecule has 0 bridgehead atoms. The second-order valence-corrected chi connectivity index (χ2v) is 27.6. The summed E-state index contributed by atoms with van der Waals surface area (Å²) in [6.45, 7) is 16.3. The lowest BCUT2D eigenvalue weighted by Crippen LogP contribution is -2.75. The fourth-order valence-corrected chi connectivity index (χ4v) is 16.3. The molecule has 1 atom stereocenters. The van der Waals surface area contributed by atoms with E-state index in [2.05, 4.69) is 118 Å². The Bertz CT molecular complexity index is 723. The highest BCUT2D eigenvalue weighted by atomic mass is 29.3. The molecule has 1 nitrogen and oxygen atoms in total. The van der Waals surface area contributed by atoms with Crippen LogP contribution < -0.4 is 10.4 Å². The molecule has 138 valence electrons. The summed E-state index contributed by atoms with van der Waals surface area (Å²) in [5, 5.41) is 2.74. The van der Waals surface area contributed by atoms with Gasteiger partial charge >= 0.3 is 0 Å². The van der Waals surface area contributed by atoms with E-state index in [4.69, 9.17) is 4.43 Å². The van der Waals surface area contributed by atoms with Crippen molar-refractivity contribution in [3.8, 4) is 11.5 Å². The molecule has 0 heterocycles. The lowest BCUT2D eigenvalue weighted by molar-refractivity contribution is 0.285. The summed E-state index contributed by atoms with van der Waals surface area (Å²) < 4.78 is 7.02. The van der Waals surface area contributed by atoms with Crippen LogP contribution in [0.1, 0.15) is 6.92 Å². The maximum absolute atomic E-state index is 7.02. The Hall–Kier alpha value is -1.39. The molecule has 0 saturated heterocycles. The normalized spacial score (nSPS) is 13.7. The number of benzene rings is 2. The molecule has 0 aliphatic rings. The molecule has 0 fully saturated rings. The maximum atomic E-state index is 7.02. The van der Waals surface area contributed by atoms with Crippen molar-refractivity contribution in [2.24, 2.45) is 0 Å². The van der Waals surface area contributed by atoms with Crippen molar-refractivity contribution >= 4 is 33.9 Å². The van der Waals surface area contributed by atoms with Crippen LogP contribution in [-0.2, 0) is 4.43 Å². The van der Waals surface area contributed by atoms with E-state index in [1.165, 1.54) is 10.4 Å². The predicted octanol–water partition coefficient (Wildman–Crippen LogP) is 4.45. The summed E-state index contributed by atoms with van der Waals surface area (Å²) in [5.74, 6) is 3.44. The van der Waals surface area contributed by atoms with E-state index in [1.807, 2.05) is 0 Å². The van der Waals surface area contributed by atoms with Gasteiger partial charge in [0.15, 0.2) is 0 Å². The molecule has 0 aromatic heterocycles. The average molecular weight is 397 g/mol. The fraction of sp³-hybridized carbons (Fsp3) is 0.364. The first-order valence-electron chi connectivity index (χ1n) is 9.38. The van der Waals surface area contributed by atoms with Crippen LogP contribution >= 0.6 is 0 Å². The SMILES string of the molecule is C[C@H](C#C[Si](C)(C)C)O[Si](c1ccccc1)(c1ccccc1)[Si](C)(C)C. The molecule has 2 aromatic rings. The molecule has 0 N–H and O–H groups in total. The van der Waals surface area contributed by atoms with Crippen LogP contribution in [-0.4, -0.2) is 29.6 Å². The number of hydrogen-bond donors (Lipinski definition) is 0. The third kappa shape index (κ3) is 4.86. The molecular weight excluding hydrogens is 364 g/mol. The number of rotatable bonds is 5. The van der Waals surface area contributed by atoms with Crippen LogP contribution in [0, 0.1) is 11.5 Å². The average Bonchev–Trinajstić information content (AvgIpc) is 2.58. The monoisotopic (exact) mass is 396 g/mol. The van der Waals surface area contributed by atoms with Gasteiger partial charge in [-0.1, -0.05) is 106 Å². The molecular formula is C22H32OSi3. The smallest absolute Gasteiger partial charge is 0.241 e. The van der Waals surface area contributed by atoms with Gasteiger partial charge in [0.2, 0.25) is 7.83 Å². The minimum atomic E-state index is -2.36. The first-order chi connectivity index (χ1) is 12.1. The van der Waals surface area contributed by atoms with Crippen molar-refractivity contribution in [1.29, 1.82) is 0 Å². The Kier molecular flexibility index (Phi) is 6.51. The minimum Gasteiger partial charge on any atom is -0.397 e. The Labute approximate surface area is 162 Å². The summed E-state index contributed by atoms with van der Waals surface area (Å²) in [4.78, 5) is 0. The van der Waals surface area contributed by atoms with Crippen LogP contribution in [0.25, 0.3) is 0 Å². The lowest BCUT2D eigenvalue weighted by Gasteiger charge is -2.43. The Balaban J connectivity index is 2.62. The zero-order valence-electron chi connectivity index (χ0n) is 17.3. The second-order valence-electron chi connectivity index (χ2n) is 8.94. The molecule has 0 radical (unpaired) electrons. The Morgan fingerprint density at radius 3 is 1.50 bits per heavy atom. The molecule has 4 heteroatoms. The lowest BCUT2D eigenvalue weighted by atomic mass is 10.4. The summed E-state index contributed by atoms with van der Waals surface area (Å²) in [6, 6.07) is 21.8. The highest BCUT2D eigenvalue weighted by molar-refractivity contribution is 7.48. The van der Waals surface area contributed by atoms with Crippen LogP contribution in [0.15, 0.2) is 60.7 Å². The zero-order valence-corrected chi connectivity index (χ0v) is 20.3. The topological polar surface area (TPSA) is 9.23 Å². The molecule has 26 heavy (non-hydrogen) atoms. The summed E-state index contributed by atoms with van der Waals surface area (Å²) in [7, 11) is -5.47. The van der Waals surface area contributed by atoms with E-state index in [0.717, 1.165) is 0 Å². The molecule has 2 aromatic carbocycles. The highest BCUT2D eigenvalue weighted by Gasteiger charge is 2.51. The van der Waals surface area contributed by atoms with Gasteiger partial charge in [0.1, 0.15) is 14.2 Å². The van der Waals surface area contributed by atoms with Gasteiger partial charge in [-0.25, -0.2) is 0 Å². The quantitative estimate of drug-likeness (QED) is 0.536. The van der Waals surface area contributed by atoms with Crippen LogP contribution in [0.5, 0.6) is 0 Å². The van der Waals surface area contributed by atoms with E-state index in [-0.39, 0.29) is 6.10 Å². The van der Waals surface area contributed by atoms with Crippen molar-refractivity contribution in [2.45, 2.75) is 52.3 Å². The molecule has 0 amide bonds. The van der Waals surface area contributed by atoms with Gasteiger partial charge in [-0.3, -0.25) is 0 Å². The molecule has 0 spiro atoms. The van der Waals surface area contributed by atoms with Crippen molar-refractivity contribution in [2.75, 3.05) is 0 Å². The van der Waals surface area contributed by atoms with E-state index in [1.54, 1.807) is 0 Å². The first-order valence-corrected chi connectivity index (χ1v) is 19.3. The van der Waals surface area contributed by atoms with Gasteiger partial charge in [-0.15, -0.1) is 5.54 Å². The first kappa shape index (κ1) is 20.9. The molecule has 0 aliphatic carbocycles. The van der Waals surface area contributed by atoms with Crippen LogP contribution in [0.2, 0.25) is 39.3 Å². The van der Waals surface area contributed by atoms with E-state index < -0.39 is 23.5 Å². The largest absolute Gasteiger partial charge is 0.397 e. The second kappa shape index (κ2) is 8.10. The van der Waals surface area contributed by atoms with Crippen molar-refractivity contribution in [1.82, 2.24) is 0 Å². The maximum Gasteiger partial charge on any atom is 0.241 e. The summed E-state index contributed by atoms with van der Waals surface area (Å²) in [5.41, 5.74) is 3.50. The van der Waals surface area contributed by atoms with Gasteiger partial charge in [-0.2, -0.15) is 0 Å².